The van der Waals surface area contributed by atoms with Gasteiger partial charge in [-0.25, -0.2) is 4.68 Å². The van der Waals surface area contributed by atoms with Crippen LogP contribution in [-0.4, -0.2) is 27.4 Å². The topological polar surface area (TPSA) is 81.1 Å². The van der Waals surface area contributed by atoms with Crippen molar-refractivity contribution >= 4 is 12.2 Å². The number of nitrogens with two attached hydrogens (primary N) is 1. The lowest BCUT2D eigenvalue weighted by Crippen LogP contribution is -2.15. The maximum absolute atomic E-state index is 10.5. The summed E-state index contributed by atoms with van der Waals surface area (Å²) in [6, 6.07) is 0. The number of aliphatic carboxylic acids is 1. The fraction of sp³-hybridized carbons (Fsp3) is 0.333. The minimum Gasteiger partial charge on any atom is -0.481 e. The summed E-state index contributed by atoms with van der Waals surface area (Å²) in [6.07, 6.45) is 4.91. The zero-order valence-electron chi connectivity index (χ0n) is 7.76. The van der Waals surface area contributed by atoms with Gasteiger partial charge in [-0.3, -0.25) is 4.79 Å². The predicted molar refractivity (Wildman–Crippen MR) is 52.7 cm³/mol. The third-order valence-electron chi connectivity index (χ3n) is 1.99. The number of nitrogens with zero attached hydrogens (tertiary/aromatic N) is 2. The number of rotatable bonds is 5. The Morgan fingerprint density at radius 1 is 1.86 bits per heavy atom. The third-order valence-corrected chi connectivity index (χ3v) is 1.99. The van der Waals surface area contributed by atoms with Gasteiger partial charge in [0.1, 0.15) is 0 Å². The average Bonchev–Trinajstić information content (AvgIpc) is 2.62. The number of hydrogen-bond donors (Lipinski definition) is 2. The van der Waals surface area contributed by atoms with E-state index in [1.54, 1.807) is 12.4 Å². The second-order valence-corrected chi connectivity index (χ2v) is 2.97. The lowest BCUT2D eigenvalue weighted by atomic mass is 9.99. The van der Waals surface area contributed by atoms with E-state index < -0.39 is 5.97 Å². The quantitative estimate of drug-likeness (QED) is 0.716. The van der Waals surface area contributed by atoms with Gasteiger partial charge in [0.25, 0.3) is 0 Å². The molecule has 5 nitrogen and oxygen atoms in total. The van der Waals surface area contributed by atoms with Crippen molar-refractivity contribution in [1.29, 1.82) is 0 Å². The van der Waals surface area contributed by atoms with Crippen molar-refractivity contribution in [2.75, 3.05) is 6.54 Å². The van der Waals surface area contributed by atoms with Crippen LogP contribution in [0.1, 0.15) is 17.9 Å². The second kappa shape index (κ2) is 4.57. The Labute approximate surface area is 81.8 Å². The van der Waals surface area contributed by atoms with E-state index in [0.717, 1.165) is 5.56 Å². The van der Waals surface area contributed by atoms with E-state index in [2.05, 4.69) is 11.7 Å². The molecule has 1 heterocycles. The van der Waals surface area contributed by atoms with Crippen molar-refractivity contribution in [2.24, 2.45) is 5.73 Å². The fourth-order valence-electron chi connectivity index (χ4n) is 1.21. The molecule has 1 atom stereocenters. The Bertz CT molecular complexity index is 333. The summed E-state index contributed by atoms with van der Waals surface area (Å²) in [5, 5.41) is 12.6. The monoisotopic (exact) mass is 195 g/mol. The van der Waals surface area contributed by atoms with Crippen molar-refractivity contribution in [1.82, 2.24) is 9.78 Å². The molecule has 1 unspecified atom stereocenters. The molecule has 1 rings (SSSR count). The van der Waals surface area contributed by atoms with Crippen LogP contribution in [0.25, 0.3) is 6.20 Å². The zero-order valence-corrected chi connectivity index (χ0v) is 7.76. The van der Waals surface area contributed by atoms with Crippen molar-refractivity contribution in [3.8, 4) is 0 Å². The Morgan fingerprint density at radius 3 is 3.00 bits per heavy atom. The van der Waals surface area contributed by atoms with E-state index >= 15 is 0 Å². The highest BCUT2D eigenvalue weighted by atomic mass is 16.4. The summed E-state index contributed by atoms with van der Waals surface area (Å²) in [5.41, 5.74) is 6.31. The highest BCUT2D eigenvalue weighted by Gasteiger charge is 2.15. The summed E-state index contributed by atoms with van der Waals surface area (Å²) in [7, 11) is 0. The van der Waals surface area contributed by atoms with E-state index in [4.69, 9.17) is 10.8 Å². The molecule has 3 N–H and O–H groups in total. The predicted octanol–water partition coefficient (Wildman–Crippen LogP) is 0.501. The van der Waals surface area contributed by atoms with Gasteiger partial charge in [0.15, 0.2) is 0 Å². The van der Waals surface area contributed by atoms with Crippen LogP contribution >= 0.6 is 0 Å². The first kappa shape index (κ1) is 10.5. The molecule has 0 spiro atoms. The van der Waals surface area contributed by atoms with Gasteiger partial charge in [0.2, 0.25) is 0 Å². The molecular formula is C9H13N3O2. The molecule has 0 saturated carbocycles. The molecule has 0 aliphatic rings. The second-order valence-electron chi connectivity index (χ2n) is 2.97. The molecule has 1 aromatic rings. The minimum absolute atomic E-state index is 0.0271. The molecule has 5 heteroatoms. The van der Waals surface area contributed by atoms with Crippen LogP contribution in [-0.2, 0) is 4.79 Å². The summed E-state index contributed by atoms with van der Waals surface area (Å²) in [5.74, 6) is -1.03. The van der Waals surface area contributed by atoms with Crippen LogP contribution in [0.4, 0.5) is 0 Å². The van der Waals surface area contributed by atoms with E-state index in [9.17, 15) is 4.79 Å². The fourth-order valence-corrected chi connectivity index (χ4v) is 1.21. The van der Waals surface area contributed by atoms with Gasteiger partial charge in [-0.1, -0.05) is 6.58 Å². The van der Waals surface area contributed by atoms with Crippen LogP contribution in [0.2, 0.25) is 0 Å². The number of carbonyl (C=O) groups is 1. The molecule has 0 aromatic carbocycles. The molecule has 1 aromatic heterocycles. The number of hydrogen-bond acceptors (Lipinski definition) is 3. The highest BCUT2D eigenvalue weighted by Crippen LogP contribution is 2.17. The van der Waals surface area contributed by atoms with E-state index in [1.807, 2.05) is 0 Å². The van der Waals surface area contributed by atoms with Gasteiger partial charge in [-0.15, -0.1) is 0 Å². The zero-order chi connectivity index (χ0) is 10.6. The number of carboxylic acid groups (broad SMARTS) is 1. The lowest BCUT2D eigenvalue weighted by molar-refractivity contribution is -0.137. The Balaban J connectivity index is 2.77. The van der Waals surface area contributed by atoms with E-state index in [0.29, 0.717) is 6.54 Å². The molecular weight excluding hydrogens is 182 g/mol. The largest absolute Gasteiger partial charge is 0.481 e. The molecule has 0 saturated heterocycles. The van der Waals surface area contributed by atoms with Crippen LogP contribution in [0, 0.1) is 0 Å². The summed E-state index contributed by atoms with van der Waals surface area (Å²) in [6.45, 7) is 3.84. The number of aromatic nitrogens is 2. The van der Waals surface area contributed by atoms with Crippen LogP contribution in [0.5, 0.6) is 0 Å². The van der Waals surface area contributed by atoms with E-state index in [1.165, 1.54) is 10.9 Å². The molecule has 0 fully saturated rings. The van der Waals surface area contributed by atoms with Gasteiger partial charge in [0, 0.05) is 18.3 Å². The average molecular weight is 195 g/mol. The van der Waals surface area contributed by atoms with Crippen molar-refractivity contribution < 1.29 is 9.90 Å². The molecule has 14 heavy (non-hydrogen) atoms. The van der Waals surface area contributed by atoms with Crippen molar-refractivity contribution in [3.05, 3.63) is 24.5 Å². The standard InChI is InChI=1S/C9H13N3O2/c1-2-12-6-8(5-11-12)7(4-10)3-9(13)14/h2,5-7H,1,3-4,10H2,(H,13,14). The summed E-state index contributed by atoms with van der Waals surface area (Å²) >= 11 is 0. The first-order valence-electron chi connectivity index (χ1n) is 4.25. The van der Waals surface area contributed by atoms with Gasteiger partial charge in [-0.05, 0) is 12.1 Å². The molecule has 0 aliphatic heterocycles. The molecule has 76 valence electrons. The smallest absolute Gasteiger partial charge is 0.304 e. The SMILES string of the molecule is C=Cn1cc(C(CN)CC(=O)O)cn1. The first-order valence-corrected chi connectivity index (χ1v) is 4.25. The number of carboxylic acids is 1. The lowest BCUT2D eigenvalue weighted by Gasteiger charge is -2.08. The molecule has 0 aliphatic carbocycles. The molecule has 0 radical (unpaired) electrons. The normalized spacial score (nSPS) is 12.4. The van der Waals surface area contributed by atoms with Gasteiger partial charge >= 0.3 is 5.97 Å². The van der Waals surface area contributed by atoms with Gasteiger partial charge in [0.05, 0.1) is 12.6 Å². The maximum Gasteiger partial charge on any atom is 0.304 e. The van der Waals surface area contributed by atoms with Gasteiger partial charge < -0.3 is 10.8 Å². The van der Waals surface area contributed by atoms with Crippen molar-refractivity contribution in [3.63, 3.8) is 0 Å². The Hall–Kier alpha value is -1.62. The highest BCUT2D eigenvalue weighted by molar-refractivity contribution is 5.68. The Kier molecular flexibility index (Phi) is 3.41. The van der Waals surface area contributed by atoms with Crippen LogP contribution < -0.4 is 5.73 Å². The summed E-state index contributed by atoms with van der Waals surface area (Å²) in [4.78, 5) is 10.5. The van der Waals surface area contributed by atoms with E-state index in [-0.39, 0.29) is 12.3 Å². The minimum atomic E-state index is -0.855. The van der Waals surface area contributed by atoms with Gasteiger partial charge in [-0.2, -0.15) is 5.10 Å². The van der Waals surface area contributed by atoms with Crippen LogP contribution in [0.15, 0.2) is 19.0 Å². The first-order chi connectivity index (χ1) is 6.67. The maximum atomic E-state index is 10.5. The molecule has 0 bridgehead atoms. The molecule has 0 amide bonds. The summed E-state index contributed by atoms with van der Waals surface area (Å²) < 4.78 is 1.53. The van der Waals surface area contributed by atoms with Crippen molar-refractivity contribution in [2.45, 2.75) is 12.3 Å². The third kappa shape index (κ3) is 2.43. The van der Waals surface area contributed by atoms with Crippen LogP contribution in [0.3, 0.4) is 0 Å². The Morgan fingerprint density at radius 2 is 2.57 bits per heavy atom.